The Morgan fingerprint density at radius 1 is 1.12 bits per heavy atom. The largest absolute Gasteiger partial charge is 0.325 e. The number of carbonyl (C=O) groups excluding carboxylic acids is 1. The highest BCUT2D eigenvalue weighted by molar-refractivity contribution is 5.90. The SMILES string of the molecule is Cc1ccc(C#N)cc1NC(=O)N(C)C1CCC(c2ccccc2)CC1. The van der Waals surface area contributed by atoms with Gasteiger partial charge in [-0.3, -0.25) is 0 Å². The van der Waals surface area contributed by atoms with Crippen molar-refractivity contribution in [3.05, 3.63) is 65.2 Å². The van der Waals surface area contributed by atoms with Gasteiger partial charge in [-0.15, -0.1) is 0 Å². The van der Waals surface area contributed by atoms with Crippen molar-refractivity contribution in [1.29, 1.82) is 5.26 Å². The first-order valence-electron chi connectivity index (χ1n) is 9.18. The van der Waals surface area contributed by atoms with Crippen molar-refractivity contribution in [3.63, 3.8) is 0 Å². The normalized spacial score (nSPS) is 19.4. The average Bonchev–Trinajstić information content (AvgIpc) is 2.70. The number of hydrogen-bond donors (Lipinski definition) is 1. The predicted molar refractivity (Wildman–Crippen MR) is 104 cm³/mol. The minimum Gasteiger partial charge on any atom is -0.325 e. The van der Waals surface area contributed by atoms with Gasteiger partial charge in [0.15, 0.2) is 0 Å². The maximum atomic E-state index is 12.6. The fourth-order valence-electron chi connectivity index (χ4n) is 3.72. The predicted octanol–water partition coefficient (Wildman–Crippen LogP) is 5.06. The third-order valence-corrected chi connectivity index (χ3v) is 5.44. The van der Waals surface area contributed by atoms with Crippen LogP contribution in [0.5, 0.6) is 0 Å². The summed E-state index contributed by atoms with van der Waals surface area (Å²) in [5, 5.41) is 12.0. The molecular weight excluding hydrogens is 322 g/mol. The quantitative estimate of drug-likeness (QED) is 0.844. The molecule has 0 radical (unpaired) electrons. The number of benzene rings is 2. The Kier molecular flexibility index (Phi) is 5.58. The van der Waals surface area contributed by atoms with E-state index in [2.05, 4.69) is 41.7 Å². The topological polar surface area (TPSA) is 56.1 Å². The Labute approximate surface area is 155 Å². The zero-order valence-corrected chi connectivity index (χ0v) is 15.4. The van der Waals surface area contributed by atoms with E-state index in [-0.39, 0.29) is 12.1 Å². The summed E-state index contributed by atoms with van der Waals surface area (Å²) in [5.41, 5.74) is 3.62. The van der Waals surface area contributed by atoms with Crippen LogP contribution in [0.25, 0.3) is 0 Å². The Morgan fingerprint density at radius 3 is 2.46 bits per heavy atom. The summed E-state index contributed by atoms with van der Waals surface area (Å²) >= 11 is 0. The van der Waals surface area contributed by atoms with Crippen LogP contribution in [0.4, 0.5) is 10.5 Å². The maximum absolute atomic E-state index is 12.6. The smallest absolute Gasteiger partial charge is 0.321 e. The molecule has 0 unspecified atom stereocenters. The monoisotopic (exact) mass is 347 g/mol. The first-order chi connectivity index (χ1) is 12.6. The molecular formula is C22H25N3O. The van der Waals surface area contributed by atoms with Crippen LogP contribution in [-0.4, -0.2) is 24.0 Å². The number of nitrogens with one attached hydrogen (secondary N) is 1. The first kappa shape index (κ1) is 18.0. The molecule has 3 rings (SSSR count). The lowest BCUT2D eigenvalue weighted by molar-refractivity contribution is 0.181. The van der Waals surface area contributed by atoms with Crippen LogP contribution in [0.1, 0.15) is 48.3 Å². The second kappa shape index (κ2) is 8.05. The zero-order valence-electron chi connectivity index (χ0n) is 15.4. The molecule has 1 aliphatic carbocycles. The number of aryl methyl sites for hydroxylation is 1. The van der Waals surface area contributed by atoms with Crippen LogP contribution in [0.2, 0.25) is 0 Å². The highest BCUT2D eigenvalue weighted by Crippen LogP contribution is 2.34. The van der Waals surface area contributed by atoms with E-state index in [0.29, 0.717) is 17.2 Å². The number of nitrogens with zero attached hydrogens (tertiary/aromatic N) is 2. The van der Waals surface area contributed by atoms with Crippen molar-refractivity contribution in [2.24, 2.45) is 0 Å². The molecule has 4 heteroatoms. The van der Waals surface area contributed by atoms with Gasteiger partial charge in [0, 0.05) is 18.8 Å². The summed E-state index contributed by atoms with van der Waals surface area (Å²) in [6, 6.07) is 18.3. The number of anilines is 1. The third kappa shape index (κ3) is 4.05. The molecule has 0 aliphatic heterocycles. The van der Waals surface area contributed by atoms with E-state index in [1.54, 1.807) is 12.1 Å². The lowest BCUT2D eigenvalue weighted by atomic mass is 9.81. The van der Waals surface area contributed by atoms with Gasteiger partial charge in [0.1, 0.15) is 0 Å². The summed E-state index contributed by atoms with van der Waals surface area (Å²) in [7, 11) is 1.87. The lowest BCUT2D eigenvalue weighted by Gasteiger charge is -2.35. The highest BCUT2D eigenvalue weighted by atomic mass is 16.2. The van der Waals surface area contributed by atoms with Gasteiger partial charge in [-0.2, -0.15) is 5.26 Å². The molecule has 0 atom stereocenters. The fourth-order valence-corrected chi connectivity index (χ4v) is 3.72. The van der Waals surface area contributed by atoms with Crippen LogP contribution in [0.3, 0.4) is 0 Å². The Morgan fingerprint density at radius 2 is 1.81 bits per heavy atom. The van der Waals surface area contributed by atoms with Gasteiger partial charge < -0.3 is 10.2 Å². The average molecular weight is 347 g/mol. The van der Waals surface area contributed by atoms with E-state index < -0.39 is 0 Å². The number of amides is 2. The molecule has 0 bridgehead atoms. The molecule has 1 N–H and O–H groups in total. The van der Waals surface area contributed by atoms with Gasteiger partial charge in [-0.05, 0) is 61.8 Å². The van der Waals surface area contributed by atoms with E-state index in [9.17, 15) is 4.79 Å². The number of hydrogen-bond acceptors (Lipinski definition) is 2. The van der Waals surface area contributed by atoms with Crippen LogP contribution < -0.4 is 5.32 Å². The molecule has 0 aromatic heterocycles. The van der Waals surface area contributed by atoms with Crippen molar-refractivity contribution in [2.45, 2.75) is 44.6 Å². The van der Waals surface area contributed by atoms with Gasteiger partial charge in [0.05, 0.1) is 11.6 Å². The first-order valence-corrected chi connectivity index (χ1v) is 9.18. The fraction of sp³-hybridized carbons (Fsp3) is 0.364. The number of rotatable bonds is 3. The highest BCUT2D eigenvalue weighted by Gasteiger charge is 2.27. The molecule has 26 heavy (non-hydrogen) atoms. The summed E-state index contributed by atoms with van der Waals surface area (Å²) in [5.74, 6) is 0.596. The van der Waals surface area contributed by atoms with Crippen molar-refractivity contribution >= 4 is 11.7 Å². The number of urea groups is 1. The van der Waals surface area contributed by atoms with Crippen LogP contribution in [0.15, 0.2) is 48.5 Å². The van der Waals surface area contributed by atoms with E-state index in [4.69, 9.17) is 5.26 Å². The summed E-state index contributed by atoms with van der Waals surface area (Å²) in [4.78, 5) is 14.5. The molecule has 134 valence electrons. The Balaban J connectivity index is 1.59. The van der Waals surface area contributed by atoms with Crippen LogP contribution >= 0.6 is 0 Å². The van der Waals surface area contributed by atoms with Crippen molar-refractivity contribution in [1.82, 2.24) is 4.90 Å². The van der Waals surface area contributed by atoms with Gasteiger partial charge in [-0.25, -0.2) is 4.79 Å². The standard InChI is InChI=1S/C22H25N3O/c1-16-8-9-17(15-23)14-21(16)24-22(26)25(2)20-12-10-19(11-13-20)18-6-4-3-5-7-18/h3-9,14,19-20H,10-13H2,1-2H3,(H,24,26). The second-order valence-corrected chi connectivity index (χ2v) is 7.10. The van der Waals surface area contributed by atoms with E-state index in [0.717, 1.165) is 31.2 Å². The summed E-state index contributed by atoms with van der Waals surface area (Å²) in [6.45, 7) is 1.93. The lowest BCUT2D eigenvalue weighted by Crippen LogP contribution is -2.41. The zero-order chi connectivity index (χ0) is 18.5. The third-order valence-electron chi connectivity index (χ3n) is 5.44. The van der Waals surface area contributed by atoms with Crippen LogP contribution in [-0.2, 0) is 0 Å². The van der Waals surface area contributed by atoms with Crippen molar-refractivity contribution < 1.29 is 4.79 Å². The molecule has 0 spiro atoms. The minimum absolute atomic E-state index is 0.105. The summed E-state index contributed by atoms with van der Waals surface area (Å²) in [6.07, 6.45) is 4.24. The number of nitriles is 1. The molecule has 2 amide bonds. The molecule has 0 heterocycles. The molecule has 0 saturated heterocycles. The van der Waals surface area contributed by atoms with Gasteiger partial charge >= 0.3 is 6.03 Å². The van der Waals surface area contributed by atoms with Gasteiger partial charge in [0.2, 0.25) is 0 Å². The molecule has 1 saturated carbocycles. The summed E-state index contributed by atoms with van der Waals surface area (Å²) < 4.78 is 0. The second-order valence-electron chi connectivity index (χ2n) is 7.10. The molecule has 2 aromatic carbocycles. The van der Waals surface area contributed by atoms with Crippen LogP contribution in [0, 0.1) is 18.3 Å². The molecule has 4 nitrogen and oxygen atoms in total. The molecule has 1 fully saturated rings. The van der Waals surface area contributed by atoms with E-state index in [1.807, 2.05) is 24.9 Å². The van der Waals surface area contributed by atoms with E-state index in [1.165, 1.54) is 5.56 Å². The Hall–Kier alpha value is -2.80. The maximum Gasteiger partial charge on any atom is 0.321 e. The Bertz CT molecular complexity index is 802. The van der Waals surface area contributed by atoms with Gasteiger partial charge in [0.25, 0.3) is 0 Å². The van der Waals surface area contributed by atoms with Crippen molar-refractivity contribution in [2.75, 3.05) is 12.4 Å². The molecule has 2 aromatic rings. The van der Waals surface area contributed by atoms with E-state index >= 15 is 0 Å². The minimum atomic E-state index is -0.105. The molecule has 1 aliphatic rings. The number of carbonyl (C=O) groups is 1. The van der Waals surface area contributed by atoms with Gasteiger partial charge in [-0.1, -0.05) is 36.4 Å². The van der Waals surface area contributed by atoms with Crippen molar-refractivity contribution in [3.8, 4) is 6.07 Å².